The second kappa shape index (κ2) is 20.6. The normalized spacial score (nSPS) is 56.9. The quantitative estimate of drug-likeness (QED) is 0.262. The molecule has 16 fully saturated rings. The Morgan fingerprint density at radius 1 is 0.525 bits per heavy atom. The number of Topliss-reactive ketones (excluding diaryl/α,β-unsaturated/α-hetero) is 1. The second-order valence-corrected chi connectivity index (χ2v) is 27.7. The number of aliphatic hydroxyl groups is 2. The van der Waals surface area contributed by atoms with Gasteiger partial charge in [0.15, 0.2) is 17.4 Å². The van der Waals surface area contributed by atoms with Crippen LogP contribution in [0.25, 0.3) is 0 Å². The van der Waals surface area contributed by atoms with Crippen molar-refractivity contribution in [2.75, 3.05) is 6.61 Å². The van der Waals surface area contributed by atoms with Crippen LogP contribution in [0, 0.1) is 23.7 Å². The molecule has 444 valence electrons. The van der Waals surface area contributed by atoms with Crippen LogP contribution < -0.4 is 0 Å². The third-order valence-corrected chi connectivity index (χ3v) is 22.0. The van der Waals surface area contributed by atoms with E-state index >= 15 is 0 Å². The highest BCUT2D eigenvalue weighted by molar-refractivity contribution is 5.79. The van der Waals surface area contributed by atoms with E-state index in [0.717, 1.165) is 49.7 Å². The Bertz CT molecular complexity index is 2410. The van der Waals surface area contributed by atoms with Gasteiger partial charge in [0, 0.05) is 83.2 Å². The van der Waals surface area contributed by atoms with Crippen LogP contribution in [0.2, 0.25) is 0 Å². The molecule has 0 saturated carbocycles. The van der Waals surface area contributed by atoms with Crippen molar-refractivity contribution in [2.45, 2.75) is 314 Å². The highest BCUT2D eigenvalue weighted by Crippen LogP contribution is 2.58. The molecule has 12 bridgehead atoms. The highest BCUT2D eigenvalue weighted by atomic mass is 16.8. The Balaban J connectivity index is 0.652. The number of fused-ring (bicyclic) bond motifs is 10. The SMILES string of the molecule is C=C1C[C@H]2CC[C@@]34C[C@H]5O[C@H]6[C@@H](O3)[C@H]3O[C@H](CC[C@@H]3O[C@H]6[C@@H]5O4)CC(=O)O[C@H]3C(C[C@H]4O[C@H](CC[C@@H]1O2)C[C@@H](C)C4=C)O[C@H]1C[C@H]2O[C@@]4(CC5O[C@]6(C[C@H](C)C7O[C@H](CC(=O)CCO)[C@H](O)CC7O6)C[C@H](C)C5O4)C[C@H]2O[C@H]1[C@@H]3C. The average Bonchev–Trinajstić information content (AvgIpc) is 4.34. The predicted octanol–water partition coefficient (Wildman–Crippen LogP) is 5.52. The van der Waals surface area contributed by atoms with E-state index in [1.807, 2.05) is 0 Å². The molecule has 0 aromatic heterocycles. The van der Waals surface area contributed by atoms with E-state index in [9.17, 15) is 19.8 Å². The summed E-state index contributed by atoms with van der Waals surface area (Å²) >= 11 is 0. The molecule has 0 amide bonds. The zero-order chi connectivity index (χ0) is 54.7. The fourth-order valence-corrected chi connectivity index (χ4v) is 18.3. The Morgan fingerprint density at radius 2 is 1.20 bits per heavy atom. The summed E-state index contributed by atoms with van der Waals surface area (Å²) in [7, 11) is 0. The molecule has 31 atom stereocenters. The number of rotatable bonds is 4. The van der Waals surface area contributed by atoms with Gasteiger partial charge >= 0.3 is 5.97 Å². The number of esters is 1. The molecule has 0 aliphatic carbocycles. The van der Waals surface area contributed by atoms with Crippen LogP contribution in [0.15, 0.2) is 24.3 Å². The largest absolute Gasteiger partial charge is 0.459 e. The zero-order valence-corrected chi connectivity index (χ0v) is 47.1. The fraction of sp³-hybridized carbons (Fsp3) is 0.902. The lowest BCUT2D eigenvalue weighted by Gasteiger charge is -2.54. The van der Waals surface area contributed by atoms with Gasteiger partial charge in [0.1, 0.15) is 42.4 Å². The van der Waals surface area contributed by atoms with Crippen LogP contribution in [-0.2, 0) is 80.6 Å². The molecule has 0 radical (unpaired) electrons. The molecule has 5 unspecified atom stereocenters. The van der Waals surface area contributed by atoms with Crippen molar-refractivity contribution in [3.05, 3.63) is 24.3 Å². The lowest BCUT2D eigenvalue weighted by molar-refractivity contribution is -0.371. The van der Waals surface area contributed by atoms with Gasteiger partial charge in [-0.25, -0.2) is 0 Å². The molecule has 19 nitrogen and oxygen atoms in total. The van der Waals surface area contributed by atoms with Gasteiger partial charge in [0.25, 0.3) is 0 Å². The molecular weight excluding hydrogens is 1040 g/mol. The molecule has 16 aliphatic heterocycles. The first-order valence-electron chi connectivity index (χ1n) is 31.2. The van der Waals surface area contributed by atoms with Crippen LogP contribution >= 0.6 is 0 Å². The summed E-state index contributed by atoms with van der Waals surface area (Å²) in [5.41, 5.74) is 2.15. The molecule has 2 N–H and O–H groups in total. The van der Waals surface area contributed by atoms with E-state index in [1.54, 1.807) is 0 Å². The van der Waals surface area contributed by atoms with Crippen molar-refractivity contribution in [3.8, 4) is 0 Å². The van der Waals surface area contributed by atoms with Gasteiger partial charge in [-0.2, -0.15) is 0 Å². The van der Waals surface area contributed by atoms with E-state index in [4.69, 9.17) is 71.1 Å². The lowest BCUT2D eigenvalue weighted by atomic mass is 9.78. The molecule has 0 aromatic carbocycles. The minimum absolute atomic E-state index is 0.0122. The zero-order valence-electron chi connectivity index (χ0n) is 47.1. The van der Waals surface area contributed by atoms with Crippen LogP contribution in [-0.4, -0.2) is 192 Å². The van der Waals surface area contributed by atoms with Gasteiger partial charge in [-0.1, -0.05) is 40.9 Å². The first-order valence-corrected chi connectivity index (χ1v) is 31.2. The first-order chi connectivity index (χ1) is 38.5. The number of hydrogen-bond donors (Lipinski definition) is 2. The molecular formula is C61H86O19. The van der Waals surface area contributed by atoms with Crippen molar-refractivity contribution in [1.29, 1.82) is 0 Å². The third-order valence-electron chi connectivity index (χ3n) is 22.0. The number of carbonyl (C=O) groups excluding carboxylic acids is 2. The summed E-state index contributed by atoms with van der Waals surface area (Å²) in [5.74, 6) is -3.05. The fourth-order valence-electron chi connectivity index (χ4n) is 18.3. The maximum absolute atomic E-state index is 14.6. The number of ether oxygens (including phenoxy) is 15. The van der Waals surface area contributed by atoms with Gasteiger partial charge in [-0.15, -0.1) is 0 Å². The Hall–Kier alpha value is -2.02. The standard InChI is InChI=1S/C61H86O19/c1-27-15-34-7-9-38-28(2)16-36(66-38)11-13-59-25-47-55(79-59)56-57(73-47)58(80-59)54-39(70-56)10-8-35(68-54)18-49(65)74-53-32(6)52-44(69-43(53)20-40(67-34)31(27)5)21-42-46(72-52)24-61(75-42)26-48-51(78-61)30(4)23-60(77-48)22-29(3)50-45(76-60)19-37(64)41(71-50)17-33(63)12-14-62/h27,29-30,32,34-48,50-58,62,64H,2,5,7-26H2,1,3-4,6H3/t27-,29+,30+,32+,34-,35-,36-,37-,38+,39+,40-,41-,42-,43?,44+,45?,46-,47-,48?,50?,51?,52+,53-,54+,55-,56+,57-,58+,59+,60-,61+/m1/s1. The molecule has 16 aliphatic rings. The molecule has 0 aromatic rings. The van der Waals surface area contributed by atoms with E-state index in [1.165, 1.54) is 0 Å². The summed E-state index contributed by atoms with van der Waals surface area (Å²) < 4.78 is 104. The lowest BCUT2D eigenvalue weighted by Crippen LogP contribution is -2.62. The maximum Gasteiger partial charge on any atom is 0.308 e. The number of ketones is 1. The Morgan fingerprint density at radius 3 is 2.05 bits per heavy atom. The van der Waals surface area contributed by atoms with E-state index in [-0.39, 0.29) is 159 Å². The molecule has 80 heavy (non-hydrogen) atoms. The summed E-state index contributed by atoms with van der Waals surface area (Å²) in [4.78, 5) is 27.0. The number of aliphatic hydroxyl groups excluding tert-OH is 2. The second-order valence-electron chi connectivity index (χ2n) is 27.7. The average molecular weight is 1120 g/mol. The molecule has 16 heterocycles. The summed E-state index contributed by atoms with van der Waals surface area (Å²) in [6.07, 6.45) is 2.59. The van der Waals surface area contributed by atoms with Crippen LogP contribution in [0.1, 0.15) is 150 Å². The van der Waals surface area contributed by atoms with Crippen molar-refractivity contribution in [1.82, 2.24) is 0 Å². The van der Waals surface area contributed by atoms with E-state index < -0.39 is 66.2 Å². The summed E-state index contributed by atoms with van der Waals surface area (Å²) in [6.45, 7) is 17.6. The van der Waals surface area contributed by atoms with Gasteiger partial charge in [0.05, 0.1) is 116 Å². The van der Waals surface area contributed by atoms with Gasteiger partial charge in [-0.3, -0.25) is 9.59 Å². The van der Waals surface area contributed by atoms with Gasteiger partial charge in [0.2, 0.25) is 0 Å². The Labute approximate surface area is 469 Å². The van der Waals surface area contributed by atoms with Crippen molar-refractivity contribution in [3.63, 3.8) is 0 Å². The minimum atomic E-state index is -0.939. The van der Waals surface area contributed by atoms with Crippen LogP contribution in [0.5, 0.6) is 0 Å². The maximum atomic E-state index is 14.6. The summed E-state index contributed by atoms with van der Waals surface area (Å²) in [6, 6.07) is 0. The van der Waals surface area contributed by atoms with Crippen LogP contribution in [0.3, 0.4) is 0 Å². The number of hydrogen-bond acceptors (Lipinski definition) is 19. The van der Waals surface area contributed by atoms with Crippen molar-refractivity contribution in [2.24, 2.45) is 23.7 Å². The number of carbonyl (C=O) groups is 2. The molecule has 16 saturated heterocycles. The van der Waals surface area contributed by atoms with Gasteiger partial charge in [-0.05, 0) is 73.8 Å². The van der Waals surface area contributed by atoms with E-state index in [2.05, 4.69) is 40.9 Å². The van der Waals surface area contributed by atoms with Gasteiger partial charge < -0.3 is 81.3 Å². The minimum Gasteiger partial charge on any atom is -0.459 e. The van der Waals surface area contributed by atoms with E-state index in [0.29, 0.717) is 64.2 Å². The molecule has 16 rings (SSSR count). The Kier molecular flexibility index (Phi) is 14.0. The smallest absolute Gasteiger partial charge is 0.308 e. The monoisotopic (exact) mass is 1120 g/mol. The molecule has 3 spiro atoms. The topological polar surface area (TPSA) is 213 Å². The van der Waals surface area contributed by atoms with Crippen molar-refractivity contribution < 1.29 is 90.9 Å². The van der Waals surface area contributed by atoms with Crippen molar-refractivity contribution >= 4 is 11.8 Å². The van der Waals surface area contributed by atoms with Crippen LogP contribution in [0.4, 0.5) is 0 Å². The summed E-state index contributed by atoms with van der Waals surface area (Å²) in [5, 5.41) is 20.4. The molecule has 19 heteroatoms. The predicted molar refractivity (Wildman–Crippen MR) is 277 cm³/mol. The third kappa shape index (κ3) is 9.51. The first kappa shape index (κ1) is 54.6. The highest BCUT2D eigenvalue weighted by Gasteiger charge is 2.70.